The third kappa shape index (κ3) is 4.14. The summed E-state index contributed by atoms with van der Waals surface area (Å²) in [7, 11) is 0. The standard InChI is InChI=1S/C22H26FN5OS/c1-13(2)28-20-16(12-25-22(24)26-20)10-17(21(28)29)15-6-7-19(18(23)11-15)27-30-9-8-14-4-3-5-14/h6-7,10-14,27H,3-5,8-9H2,1-2H3,(H2,24,25,26). The van der Waals surface area contributed by atoms with E-state index in [0.29, 0.717) is 27.8 Å². The van der Waals surface area contributed by atoms with Crippen molar-refractivity contribution in [3.8, 4) is 11.1 Å². The number of halogens is 1. The second-order valence-electron chi connectivity index (χ2n) is 8.06. The van der Waals surface area contributed by atoms with Crippen molar-refractivity contribution in [3.63, 3.8) is 0 Å². The fraction of sp³-hybridized carbons (Fsp3) is 0.409. The van der Waals surface area contributed by atoms with Crippen molar-refractivity contribution in [2.45, 2.75) is 45.6 Å². The number of rotatable bonds is 7. The van der Waals surface area contributed by atoms with Crippen molar-refractivity contribution in [2.75, 3.05) is 16.2 Å². The maximum absolute atomic E-state index is 14.7. The zero-order valence-corrected chi connectivity index (χ0v) is 18.0. The van der Waals surface area contributed by atoms with Crippen LogP contribution in [0.3, 0.4) is 0 Å². The Kier molecular flexibility index (Phi) is 5.94. The van der Waals surface area contributed by atoms with Crippen LogP contribution in [0, 0.1) is 11.7 Å². The lowest BCUT2D eigenvalue weighted by atomic mass is 9.84. The normalized spacial score (nSPS) is 14.3. The van der Waals surface area contributed by atoms with Crippen molar-refractivity contribution in [1.29, 1.82) is 0 Å². The van der Waals surface area contributed by atoms with Crippen LogP contribution in [0.2, 0.25) is 0 Å². The molecule has 3 N–H and O–H groups in total. The van der Waals surface area contributed by atoms with Crippen LogP contribution in [-0.2, 0) is 0 Å². The van der Waals surface area contributed by atoms with E-state index in [4.69, 9.17) is 5.73 Å². The van der Waals surface area contributed by atoms with Gasteiger partial charge in [-0.2, -0.15) is 4.98 Å². The Morgan fingerprint density at radius 3 is 2.80 bits per heavy atom. The third-order valence-electron chi connectivity index (χ3n) is 5.62. The Balaban J connectivity index is 1.61. The predicted octanol–water partition coefficient (Wildman–Crippen LogP) is 5.01. The average Bonchev–Trinajstić information content (AvgIpc) is 2.66. The van der Waals surface area contributed by atoms with Gasteiger partial charge in [0.25, 0.3) is 5.56 Å². The van der Waals surface area contributed by atoms with Crippen molar-refractivity contribution in [3.05, 3.63) is 46.6 Å². The van der Waals surface area contributed by atoms with Gasteiger partial charge in [-0.1, -0.05) is 37.3 Å². The number of hydrogen-bond acceptors (Lipinski definition) is 6. The Bertz CT molecular complexity index is 1130. The highest BCUT2D eigenvalue weighted by molar-refractivity contribution is 8.00. The smallest absolute Gasteiger partial charge is 0.260 e. The molecule has 0 bridgehead atoms. The number of nitrogens with one attached hydrogen (secondary N) is 1. The molecule has 0 saturated heterocycles. The van der Waals surface area contributed by atoms with Crippen LogP contribution in [0.4, 0.5) is 16.0 Å². The van der Waals surface area contributed by atoms with E-state index < -0.39 is 0 Å². The summed E-state index contributed by atoms with van der Waals surface area (Å²) >= 11 is 1.53. The molecule has 1 aliphatic rings. The highest BCUT2D eigenvalue weighted by Gasteiger charge is 2.18. The molecule has 1 fully saturated rings. The van der Waals surface area contributed by atoms with Gasteiger partial charge in [-0.3, -0.25) is 9.36 Å². The number of fused-ring (bicyclic) bond motifs is 1. The summed E-state index contributed by atoms with van der Waals surface area (Å²) in [5, 5.41) is 0.682. The highest BCUT2D eigenvalue weighted by Crippen LogP contribution is 2.31. The summed E-state index contributed by atoms with van der Waals surface area (Å²) in [6, 6.07) is 6.42. The van der Waals surface area contributed by atoms with Gasteiger partial charge in [0.05, 0.1) is 5.69 Å². The van der Waals surface area contributed by atoms with E-state index in [-0.39, 0.29) is 23.4 Å². The minimum Gasteiger partial charge on any atom is -0.368 e. The van der Waals surface area contributed by atoms with Crippen LogP contribution < -0.4 is 16.0 Å². The number of hydrogen-bond donors (Lipinski definition) is 2. The maximum atomic E-state index is 14.7. The highest BCUT2D eigenvalue weighted by atomic mass is 32.2. The SMILES string of the molecule is CC(C)n1c(=O)c(-c2ccc(NSCCC3CCC3)c(F)c2)cc2cnc(N)nc21. The van der Waals surface area contributed by atoms with Crippen LogP contribution in [0.15, 0.2) is 35.3 Å². The van der Waals surface area contributed by atoms with Gasteiger partial charge in [-0.15, -0.1) is 0 Å². The Morgan fingerprint density at radius 1 is 1.33 bits per heavy atom. The first-order valence-electron chi connectivity index (χ1n) is 10.3. The predicted molar refractivity (Wildman–Crippen MR) is 122 cm³/mol. The van der Waals surface area contributed by atoms with Gasteiger partial charge in [-0.05, 0) is 49.9 Å². The van der Waals surface area contributed by atoms with Crippen molar-refractivity contribution < 1.29 is 4.39 Å². The summed E-state index contributed by atoms with van der Waals surface area (Å²) in [6.07, 6.45) is 6.73. The number of aromatic nitrogens is 3. The lowest BCUT2D eigenvalue weighted by Gasteiger charge is -2.24. The van der Waals surface area contributed by atoms with Crippen molar-refractivity contribution in [1.82, 2.24) is 14.5 Å². The number of pyridine rings is 1. The van der Waals surface area contributed by atoms with E-state index in [1.165, 1.54) is 37.3 Å². The largest absolute Gasteiger partial charge is 0.368 e. The van der Waals surface area contributed by atoms with Crippen molar-refractivity contribution in [2.24, 2.45) is 5.92 Å². The van der Waals surface area contributed by atoms with Gasteiger partial charge in [-0.25, -0.2) is 9.37 Å². The molecule has 6 nitrogen and oxygen atoms in total. The molecule has 3 aromatic rings. The summed E-state index contributed by atoms with van der Waals surface area (Å²) in [5.74, 6) is 1.52. The lowest BCUT2D eigenvalue weighted by Crippen LogP contribution is -2.25. The van der Waals surface area contributed by atoms with Crippen LogP contribution in [0.25, 0.3) is 22.2 Å². The van der Waals surface area contributed by atoms with E-state index in [0.717, 1.165) is 18.1 Å². The summed E-state index contributed by atoms with van der Waals surface area (Å²) < 4.78 is 19.4. The zero-order valence-electron chi connectivity index (χ0n) is 17.2. The van der Waals surface area contributed by atoms with Gasteiger partial charge in [0, 0.05) is 28.9 Å². The van der Waals surface area contributed by atoms with Gasteiger partial charge >= 0.3 is 0 Å². The molecule has 2 aromatic heterocycles. The fourth-order valence-electron chi connectivity index (χ4n) is 3.72. The minimum absolute atomic E-state index is 0.111. The molecular formula is C22H26FN5OS. The van der Waals surface area contributed by atoms with Gasteiger partial charge in [0.15, 0.2) is 0 Å². The second-order valence-corrected chi connectivity index (χ2v) is 8.97. The first kappa shape index (κ1) is 20.7. The molecule has 2 heterocycles. The molecule has 0 amide bonds. The van der Waals surface area contributed by atoms with Crippen LogP contribution >= 0.6 is 11.9 Å². The molecule has 1 aromatic carbocycles. The van der Waals surface area contributed by atoms with E-state index >= 15 is 0 Å². The molecule has 1 saturated carbocycles. The first-order valence-corrected chi connectivity index (χ1v) is 11.3. The van der Waals surface area contributed by atoms with Crippen LogP contribution in [0.1, 0.15) is 45.6 Å². The first-order chi connectivity index (χ1) is 14.4. The van der Waals surface area contributed by atoms with Crippen LogP contribution in [0.5, 0.6) is 0 Å². The number of nitrogens with two attached hydrogens (primary N) is 1. The molecule has 0 atom stereocenters. The average molecular weight is 428 g/mol. The second kappa shape index (κ2) is 8.63. The molecule has 0 aliphatic heterocycles. The molecule has 0 radical (unpaired) electrons. The van der Waals surface area contributed by atoms with Crippen molar-refractivity contribution >= 4 is 34.6 Å². The molecule has 30 heavy (non-hydrogen) atoms. The van der Waals surface area contributed by atoms with Gasteiger partial charge in [0.1, 0.15) is 11.5 Å². The number of anilines is 2. The lowest BCUT2D eigenvalue weighted by molar-refractivity contribution is 0.309. The van der Waals surface area contributed by atoms with E-state index in [1.807, 2.05) is 13.8 Å². The van der Waals surface area contributed by atoms with E-state index in [2.05, 4.69) is 14.7 Å². The summed E-state index contributed by atoms with van der Waals surface area (Å²) in [5.41, 5.74) is 7.32. The molecule has 4 rings (SSSR count). The molecule has 0 spiro atoms. The molecule has 0 unspecified atom stereocenters. The summed E-state index contributed by atoms with van der Waals surface area (Å²) in [4.78, 5) is 21.4. The molecular weight excluding hydrogens is 401 g/mol. The van der Waals surface area contributed by atoms with Crippen LogP contribution in [-0.4, -0.2) is 20.3 Å². The van der Waals surface area contributed by atoms with Gasteiger partial charge < -0.3 is 10.5 Å². The topological polar surface area (TPSA) is 85.8 Å². The van der Waals surface area contributed by atoms with E-state index in [9.17, 15) is 9.18 Å². The van der Waals surface area contributed by atoms with Gasteiger partial charge in [0.2, 0.25) is 5.95 Å². The molecule has 8 heteroatoms. The summed E-state index contributed by atoms with van der Waals surface area (Å²) in [6.45, 7) is 3.80. The third-order valence-corrected chi connectivity index (χ3v) is 6.43. The zero-order chi connectivity index (χ0) is 21.3. The van der Waals surface area contributed by atoms with E-state index in [1.54, 1.807) is 29.0 Å². The molecule has 1 aliphatic carbocycles. The minimum atomic E-state index is -0.382. The number of nitrogens with zero attached hydrogens (tertiary/aromatic N) is 3. The fourth-order valence-corrected chi connectivity index (χ4v) is 4.59. The maximum Gasteiger partial charge on any atom is 0.260 e. The monoisotopic (exact) mass is 427 g/mol. The Hall–Kier alpha value is -2.61. The number of benzene rings is 1. The Morgan fingerprint density at radius 2 is 2.13 bits per heavy atom. The molecule has 158 valence electrons. The quantitative estimate of drug-likeness (QED) is 0.407. The Labute approximate surface area is 179 Å². The number of nitrogen functional groups attached to an aromatic ring is 1.